The molecule has 0 spiro atoms. The zero-order valence-corrected chi connectivity index (χ0v) is 11.7. The Labute approximate surface area is 125 Å². The molecule has 21 heavy (non-hydrogen) atoms. The number of hydrogen-bond donors (Lipinski definition) is 1. The van der Waals surface area contributed by atoms with E-state index >= 15 is 0 Å². The van der Waals surface area contributed by atoms with Crippen molar-refractivity contribution in [1.29, 1.82) is 0 Å². The third-order valence-electron chi connectivity index (χ3n) is 2.57. The summed E-state index contributed by atoms with van der Waals surface area (Å²) in [6.07, 6.45) is 8.54. The average molecular weight is 297 g/mol. The Morgan fingerprint density at radius 2 is 2.24 bits per heavy atom. The predicted octanol–water partition coefficient (Wildman–Crippen LogP) is 3.12. The second-order valence-electron chi connectivity index (χ2n) is 4.07. The van der Waals surface area contributed by atoms with E-state index in [1.54, 1.807) is 36.8 Å². The monoisotopic (exact) mass is 297 g/mol. The summed E-state index contributed by atoms with van der Waals surface area (Å²) in [5, 5.41) is 3.23. The first-order chi connectivity index (χ1) is 10.3. The van der Waals surface area contributed by atoms with Gasteiger partial charge in [0, 0.05) is 6.20 Å². The van der Waals surface area contributed by atoms with Gasteiger partial charge in [0.15, 0.2) is 11.0 Å². The minimum Gasteiger partial charge on any atom is -0.465 e. The number of pyridine rings is 1. The summed E-state index contributed by atoms with van der Waals surface area (Å²) in [5.74, 6) is 1.13. The van der Waals surface area contributed by atoms with Crippen molar-refractivity contribution in [3.63, 3.8) is 0 Å². The minimum absolute atomic E-state index is 0.168. The number of carbonyl (C=O) groups is 1. The summed E-state index contributed by atoms with van der Waals surface area (Å²) >= 11 is 1.28. The van der Waals surface area contributed by atoms with Crippen LogP contribution in [-0.2, 0) is 4.79 Å². The van der Waals surface area contributed by atoms with E-state index in [9.17, 15) is 4.79 Å². The lowest BCUT2D eigenvalue weighted by atomic mass is 10.3. The second-order valence-corrected chi connectivity index (χ2v) is 5.10. The smallest absolute Gasteiger partial charge is 0.264 e. The Bertz CT molecular complexity index is 719. The number of amides is 1. The van der Waals surface area contributed by atoms with E-state index in [1.165, 1.54) is 11.8 Å². The highest BCUT2D eigenvalue weighted by Crippen LogP contribution is 2.25. The van der Waals surface area contributed by atoms with Crippen LogP contribution in [0.5, 0.6) is 0 Å². The van der Waals surface area contributed by atoms with E-state index in [-0.39, 0.29) is 5.91 Å². The summed E-state index contributed by atoms with van der Waals surface area (Å²) in [6, 6.07) is 9.08. The third-order valence-corrected chi connectivity index (χ3v) is 3.50. The molecule has 5 nitrogen and oxygen atoms in total. The molecule has 1 aliphatic rings. The van der Waals surface area contributed by atoms with Crippen LogP contribution in [0.25, 0.3) is 6.08 Å². The molecule has 1 amide bonds. The number of aliphatic imine (C=N–C) groups is 1. The molecule has 0 aliphatic carbocycles. The van der Waals surface area contributed by atoms with Gasteiger partial charge >= 0.3 is 0 Å². The van der Waals surface area contributed by atoms with Crippen molar-refractivity contribution >= 4 is 34.7 Å². The quantitative estimate of drug-likeness (QED) is 0.884. The largest absolute Gasteiger partial charge is 0.465 e. The van der Waals surface area contributed by atoms with Gasteiger partial charge in [0.05, 0.1) is 11.2 Å². The van der Waals surface area contributed by atoms with E-state index < -0.39 is 0 Å². The van der Waals surface area contributed by atoms with E-state index in [0.29, 0.717) is 15.9 Å². The zero-order chi connectivity index (χ0) is 14.5. The topological polar surface area (TPSA) is 67.5 Å². The summed E-state index contributed by atoms with van der Waals surface area (Å²) < 4.78 is 5.17. The molecule has 0 aromatic carbocycles. The van der Waals surface area contributed by atoms with Crippen LogP contribution in [0.2, 0.25) is 0 Å². The summed E-state index contributed by atoms with van der Waals surface area (Å²) in [6.45, 7) is 0. The average Bonchev–Trinajstić information content (AvgIpc) is 3.11. The number of nitrogens with one attached hydrogen (secondary N) is 1. The number of thioether (sulfide) groups is 1. The maximum atomic E-state index is 11.8. The molecule has 2 aromatic rings. The predicted molar refractivity (Wildman–Crippen MR) is 82.9 cm³/mol. The van der Waals surface area contributed by atoms with Crippen LogP contribution in [0.4, 0.5) is 5.82 Å². The first-order valence-corrected chi connectivity index (χ1v) is 7.04. The first-order valence-electron chi connectivity index (χ1n) is 6.22. The van der Waals surface area contributed by atoms with Gasteiger partial charge in [-0.1, -0.05) is 12.1 Å². The van der Waals surface area contributed by atoms with Crippen LogP contribution in [0.15, 0.2) is 69.3 Å². The van der Waals surface area contributed by atoms with Crippen molar-refractivity contribution in [1.82, 2.24) is 10.3 Å². The maximum Gasteiger partial charge on any atom is 0.264 e. The van der Waals surface area contributed by atoms with Gasteiger partial charge in [-0.25, -0.2) is 9.98 Å². The lowest BCUT2D eigenvalue weighted by Gasteiger charge is -1.93. The molecule has 1 fully saturated rings. The Hall–Kier alpha value is -2.60. The van der Waals surface area contributed by atoms with Crippen LogP contribution in [0, 0.1) is 0 Å². The van der Waals surface area contributed by atoms with Crippen molar-refractivity contribution in [3.05, 3.63) is 65.6 Å². The van der Waals surface area contributed by atoms with Gasteiger partial charge < -0.3 is 9.73 Å². The van der Waals surface area contributed by atoms with Gasteiger partial charge in [-0.05, 0) is 48.2 Å². The van der Waals surface area contributed by atoms with Gasteiger partial charge in [0.2, 0.25) is 0 Å². The zero-order valence-electron chi connectivity index (χ0n) is 10.9. The normalized spacial score (nSPS) is 18.8. The molecule has 0 unspecified atom stereocenters. The number of furan rings is 1. The number of carbonyl (C=O) groups excluding carboxylic acids is 1. The van der Waals surface area contributed by atoms with Gasteiger partial charge in [0.25, 0.3) is 5.91 Å². The number of rotatable bonds is 3. The number of nitrogens with zero attached hydrogens (tertiary/aromatic N) is 2. The molecule has 0 saturated carbocycles. The SMILES string of the molecule is O=C1NC(=Nc2ccccn2)SC1=CC=Cc1ccco1. The molecular formula is C15H11N3O2S. The van der Waals surface area contributed by atoms with E-state index in [4.69, 9.17) is 4.42 Å². The van der Waals surface area contributed by atoms with Gasteiger partial charge in [0.1, 0.15) is 5.76 Å². The molecule has 0 atom stereocenters. The summed E-state index contributed by atoms with van der Waals surface area (Å²) in [4.78, 5) is 20.7. The molecule has 3 rings (SSSR count). The molecule has 1 aliphatic heterocycles. The van der Waals surface area contributed by atoms with Gasteiger partial charge in [-0.15, -0.1) is 0 Å². The van der Waals surface area contributed by atoms with Crippen LogP contribution in [-0.4, -0.2) is 16.1 Å². The molecule has 0 bridgehead atoms. The minimum atomic E-state index is -0.168. The molecule has 104 valence electrons. The first kappa shape index (κ1) is 13.4. The van der Waals surface area contributed by atoms with Crippen LogP contribution < -0.4 is 5.32 Å². The fourth-order valence-electron chi connectivity index (χ4n) is 1.64. The Morgan fingerprint density at radius 1 is 1.29 bits per heavy atom. The lowest BCUT2D eigenvalue weighted by Crippen LogP contribution is -2.19. The van der Waals surface area contributed by atoms with Gasteiger partial charge in [-0.3, -0.25) is 4.79 Å². The highest BCUT2D eigenvalue weighted by molar-refractivity contribution is 8.18. The third kappa shape index (κ3) is 3.49. The maximum absolute atomic E-state index is 11.8. The molecular weight excluding hydrogens is 286 g/mol. The van der Waals surface area contributed by atoms with Crippen LogP contribution in [0.1, 0.15) is 5.76 Å². The highest BCUT2D eigenvalue weighted by atomic mass is 32.2. The fourth-order valence-corrected chi connectivity index (χ4v) is 2.42. The Kier molecular flexibility index (Phi) is 3.97. The van der Waals surface area contributed by atoms with Crippen molar-refractivity contribution < 1.29 is 9.21 Å². The van der Waals surface area contributed by atoms with Crippen LogP contribution in [0.3, 0.4) is 0 Å². The Morgan fingerprint density at radius 3 is 3.00 bits per heavy atom. The summed E-state index contributed by atoms with van der Waals surface area (Å²) in [5.41, 5.74) is 0. The lowest BCUT2D eigenvalue weighted by molar-refractivity contribution is -0.115. The molecule has 1 saturated heterocycles. The number of hydrogen-bond acceptors (Lipinski definition) is 5. The van der Waals surface area contributed by atoms with Crippen molar-refractivity contribution in [2.75, 3.05) is 0 Å². The number of allylic oxidation sites excluding steroid dienone is 2. The Balaban J connectivity index is 1.71. The molecule has 2 aromatic heterocycles. The standard InChI is InChI=1S/C15H11N3O2S/c19-14-12(7-3-5-11-6-4-10-20-11)21-15(18-14)17-13-8-1-2-9-16-13/h1-10H,(H,16,17,18,19). The van der Waals surface area contributed by atoms with Crippen molar-refractivity contribution in [2.24, 2.45) is 4.99 Å². The molecule has 1 N–H and O–H groups in total. The number of amidine groups is 1. The number of aromatic nitrogens is 1. The van der Waals surface area contributed by atoms with Crippen molar-refractivity contribution in [3.8, 4) is 0 Å². The van der Waals surface area contributed by atoms with Crippen LogP contribution >= 0.6 is 11.8 Å². The molecule has 3 heterocycles. The summed E-state index contributed by atoms with van der Waals surface area (Å²) in [7, 11) is 0. The van der Waals surface area contributed by atoms with E-state index in [2.05, 4.69) is 15.3 Å². The van der Waals surface area contributed by atoms with Crippen molar-refractivity contribution in [2.45, 2.75) is 0 Å². The molecule has 6 heteroatoms. The van der Waals surface area contributed by atoms with Gasteiger partial charge in [-0.2, -0.15) is 0 Å². The van der Waals surface area contributed by atoms with E-state index in [1.807, 2.05) is 24.3 Å². The second kappa shape index (κ2) is 6.23. The van der Waals surface area contributed by atoms with E-state index in [0.717, 1.165) is 5.76 Å². The fraction of sp³-hybridized carbons (Fsp3) is 0. The molecule has 0 radical (unpaired) electrons. The highest BCUT2D eigenvalue weighted by Gasteiger charge is 2.23.